The molecule has 0 aromatic carbocycles. The third-order valence-corrected chi connectivity index (χ3v) is 7.83. The highest BCUT2D eigenvalue weighted by atomic mass is 32.1. The van der Waals surface area contributed by atoms with Crippen molar-refractivity contribution >= 4 is 34.1 Å². The summed E-state index contributed by atoms with van der Waals surface area (Å²) in [6, 6.07) is 0.197. The molecule has 1 aromatic heterocycles. The zero-order valence-corrected chi connectivity index (χ0v) is 17.7. The Labute approximate surface area is 174 Å². The van der Waals surface area contributed by atoms with Gasteiger partial charge in [-0.2, -0.15) is 0 Å². The Morgan fingerprint density at radius 2 is 1.79 bits per heavy atom. The fraction of sp³-hybridized carbons (Fsp3) is 0.591. The molecule has 3 N–H and O–H groups in total. The summed E-state index contributed by atoms with van der Waals surface area (Å²) in [4.78, 5) is 38.9. The van der Waals surface area contributed by atoms with E-state index in [4.69, 9.17) is 0 Å². The van der Waals surface area contributed by atoms with Crippen LogP contribution in [0, 0.1) is 30.6 Å². The van der Waals surface area contributed by atoms with Crippen LogP contribution in [0.1, 0.15) is 59.8 Å². The molecular weight excluding hydrogens is 388 g/mol. The van der Waals surface area contributed by atoms with E-state index < -0.39 is 17.8 Å². The van der Waals surface area contributed by atoms with Gasteiger partial charge in [0.2, 0.25) is 5.91 Å². The van der Waals surface area contributed by atoms with Crippen molar-refractivity contribution in [1.29, 1.82) is 0 Å². The number of carbonyl (C=O) groups excluding carboxylic acids is 2. The summed E-state index contributed by atoms with van der Waals surface area (Å²) in [7, 11) is 0. The van der Waals surface area contributed by atoms with Gasteiger partial charge in [-0.3, -0.25) is 14.4 Å². The molecule has 29 heavy (non-hydrogen) atoms. The predicted octanol–water partition coefficient (Wildman–Crippen LogP) is 3.75. The lowest BCUT2D eigenvalue weighted by Crippen LogP contribution is -2.37. The molecule has 4 rings (SSSR count). The van der Waals surface area contributed by atoms with Crippen LogP contribution in [0.2, 0.25) is 0 Å². The van der Waals surface area contributed by atoms with Crippen LogP contribution in [0.15, 0.2) is 12.2 Å². The van der Waals surface area contributed by atoms with E-state index in [0.29, 0.717) is 23.4 Å². The first kappa shape index (κ1) is 20.1. The highest BCUT2D eigenvalue weighted by molar-refractivity contribution is 7.16. The molecule has 3 aliphatic carbocycles. The number of allylic oxidation sites excluding steroid dienone is 2. The Bertz CT molecular complexity index is 868. The van der Waals surface area contributed by atoms with Crippen molar-refractivity contribution in [3.05, 3.63) is 28.2 Å². The van der Waals surface area contributed by atoms with Crippen LogP contribution in [-0.4, -0.2) is 28.9 Å². The number of fused-ring (bicyclic) bond motifs is 2. The van der Waals surface area contributed by atoms with Gasteiger partial charge < -0.3 is 15.7 Å². The Kier molecular flexibility index (Phi) is 5.51. The second-order valence-electron chi connectivity index (χ2n) is 8.48. The molecule has 0 spiro atoms. The van der Waals surface area contributed by atoms with Gasteiger partial charge in [0, 0.05) is 10.9 Å². The number of hydrogen-bond donors (Lipinski definition) is 3. The van der Waals surface area contributed by atoms with E-state index in [0.717, 1.165) is 36.1 Å². The fourth-order valence-electron chi connectivity index (χ4n) is 5.37. The van der Waals surface area contributed by atoms with E-state index in [9.17, 15) is 19.5 Å². The monoisotopic (exact) mass is 416 g/mol. The topological polar surface area (TPSA) is 95.5 Å². The fourth-order valence-corrected chi connectivity index (χ4v) is 6.52. The number of amides is 2. The number of aliphatic carboxylic acids is 1. The van der Waals surface area contributed by atoms with Crippen molar-refractivity contribution in [1.82, 2.24) is 5.32 Å². The quantitative estimate of drug-likeness (QED) is 0.616. The molecule has 4 atom stereocenters. The van der Waals surface area contributed by atoms with Crippen molar-refractivity contribution in [2.45, 2.75) is 58.4 Å². The molecule has 0 radical (unpaired) electrons. The first-order valence-electron chi connectivity index (χ1n) is 10.6. The summed E-state index contributed by atoms with van der Waals surface area (Å²) in [5, 5.41) is 16.3. The summed E-state index contributed by atoms with van der Waals surface area (Å²) in [5.74, 6) is -2.71. The zero-order chi connectivity index (χ0) is 20.7. The lowest BCUT2D eigenvalue weighted by atomic mass is 9.82. The van der Waals surface area contributed by atoms with Gasteiger partial charge in [0.05, 0.1) is 17.4 Å². The van der Waals surface area contributed by atoms with Crippen molar-refractivity contribution < 1.29 is 19.5 Å². The molecule has 3 aliphatic rings. The normalized spacial score (nSPS) is 28.1. The molecule has 2 bridgehead atoms. The van der Waals surface area contributed by atoms with Crippen molar-refractivity contribution in [2.75, 3.05) is 5.32 Å². The Morgan fingerprint density at radius 1 is 1.14 bits per heavy atom. The van der Waals surface area contributed by atoms with Crippen molar-refractivity contribution in [3.63, 3.8) is 0 Å². The average Bonchev–Trinajstić information content (AvgIpc) is 3.44. The minimum Gasteiger partial charge on any atom is -0.481 e. The van der Waals surface area contributed by atoms with Gasteiger partial charge in [-0.15, -0.1) is 11.3 Å². The second kappa shape index (κ2) is 7.94. The molecule has 0 saturated heterocycles. The van der Waals surface area contributed by atoms with E-state index in [1.54, 1.807) is 0 Å². The van der Waals surface area contributed by atoms with Crippen LogP contribution in [0.4, 0.5) is 5.00 Å². The molecule has 156 valence electrons. The number of carbonyl (C=O) groups is 3. The highest BCUT2D eigenvalue weighted by Crippen LogP contribution is 2.49. The molecular formula is C22H28N2O4S. The number of nitrogens with one attached hydrogen (secondary N) is 2. The van der Waals surface area contributed by atoms with Gasteiger partial charge in [-0.1, -0.05) is 31.9 Å². The first-order chi connectivity index (χ1) is 13.9. The van der Waals surface area contributed by atoms with Gasteiger partial charge in [0.25, 0.3) is 5.91 Å². The van der Waals surface area contributed by atoms with Crippen molar-refractivity contribution in [2.24, 2.45) is 23.7 Å². The lowest BCUT2D eigenvalue weighted by molar-refractivity contribution is -0.146. The molecule has 2 saturated carbocycles. The number of carboxylic acid groups (broad SMARTS) is 1. The van der Waals surface area contributed by atoms with Crippen LogP contribution in [0.25, 0.3) is 0 Å². The minimum atomic E-state index is -0.919. The molecule has 6 nitrogen and oxygen atoms in total. The number of anilines is 1. The largest absolute Gasteiger partial charge is 0.481 e. The second-order valence-corrected chi connectivity index (χ2v) is 9.70. The molecule has 0 aliphatic heterocycles. The number of rotatable bonds is 6. The number of aryl methyl sites for hydroxylation is 1. The SMILES string of the molecule is CCc1c(C)sc(NC(=O)[C@H]2[C@@H](C(=O)O)[C@H]3C=C[C@@H]2C3)c1C(=O)NC1CCCC1. The Morgan fingerprint density at radius 3 is 2.41 bits per heavy atom. The maximum atomic E-state index is 13.1. The Hall–Kier alpha value is -2.15. The number of hydrogen-bond acceptors (Lipinski definition) is 4. The van der Waals surface area contributed by atoms with Crippen LogP contribution >= 0.6 is 11.3 Å². The van der Waals surface area contributed by atoms with Crippen LogP contribution in [0.5, 0.6) is 0 Å². The summed E-state index contributed by atoms with van der Waals surface area (Å²) in [6.07, 6.45) is 9.58. The smallest absolute Gasteiger partial charge is 0.307 e. The zero-order valence-electron chi connectivity index (χ0n) is 16.9. The van der Waals surface area contributed by atoms with E-state index in [2.05, 4.69) is 10.6 Å². The van der Waals surface area contributed by atoms with Gasteiger partial charge >= 0.3 is 5.97 Å². The summed E-state index contributed by atoms with van der Waals surface area (Å²) < 4.78 is 0. The molecule has 7 heteroatoms. The number of thiophene rings is 1. The van der Waals surface area contributed by atoms with E-state index in [-0.39, 0.29) is 29.7 Å². The molecule has 2 amide bonds. The minimum absolute atomic E-state index is 0.0384. The molecule has 0 unspecified atom stereocenters. The maximum Gasteiger partial charge on any atom is 0.307 e. The maximum absolute atomic E-state index is 13.1. The van der Waals surface area contributed by atoms with Crippen LogP contribution in [0.3, 0.4) is 0 Å². The molecule has 1 aromatic rings. The molecule has 1 heterocycles. The summed E-state index contributed by atoms with van der Waals surface area (Å²) in [6.45, 7) is 3.97. The highest BCUT2D eigenvalue weighted by Gasteiger charge is 2.51. The summed E-state index contributed by atoms with van der Waals surface area (Å²) >= 11 is 1.41. The van der Waals surface area contributed by atoms with Crippen molar-refractivity contribution in [3.8, 4) is 0 Å². The Balaban J connectivity index is 1.58. The third-order valence-electron chi connectivity index (χ3n) is 6.76. The first-order valence-corrected chi connectivity index (χ1v) is 11.4. The van der Waals surface area contributed by atoms with E-state index >= 15 is 0 Å². The number of carboxylic acids is 1. The predicted molar refractivity (Wildman–Crippen MR) is 112 cm³/mol. The third kappa shape index (κ3) is 3.61. The van der Waals surface area contributed by atoms with Gasteiger partial charge in [-0.25, -0.2) is 0 Å². The van der Waals surface area contributed by atoms with E-state index in [1.807, 2.05) is 26.0 Å². The van der Waals surface area contributed by atoms with E-state index in [1.165, 1.54) is 11.3 Å². The van der Waals surface area contributed by atoms with Gasteiger partial charge in [-0.05, 0) is 50.0 Å². The van der Waals surface area contributed by atoms with Crippen LogP contribution in [-0.2, 0) is 16.0 Å². The van der Waals surface area contributed by atoms with Gasteiger partial charge in [0.1, 0.15) is 5.00 Å². The molecule has 2 fully saturated rings. The standard InChI is InChI=1S/C22H28N2O4S/c1-3-15-11(2)29-21(18(15)20(26)23-14-6-4-5-7-14)24-19(25)16-12-8-9-13(10-12)17(16)22(27)28/h8-9,12-14,16-17H,3-7,10H2,1-2H3,(H,23,26)(H,24,25)(H,27,28)/t12-,13+,16-,17+/m1/s1. The van der Waals surface area contributed by atoms with Gasteiger partial charge in [0.15, 0.2) is 0 Å². The lowest BCUT2D eigenvalue weighted by Gasteiger charge is -2.24. The van der Waals surface area contributed by atoms with Crippen LogP contribution < -0.4 is 10.6 Å². The summed E-state index contributed by atoms with van der Waals surface area (Å²) in [5.41, 5.74) is 1.52. The average molecular weight is 417 g/mol.